The average molecular weight is 225 g/mol. The number of aryl methyl sites for hydroxylation is 1. The SMILES string of the molecule is CCn1ccnc1CN(C)CCCCCO. The molecule has 0 fully saturated rings. The summed E-state index contributed by atoms with van der Waals surface area (Å²) in [6.45, 7) is 5.39. The predicted molar refractivity (Wildman–Crippen MR) is 65.2 cm³/mol. The fourth-order valence-electron chi connectivity index (χ4n) is 1.77. The molecule has 0 amide bonds. The molecule has 1 N–H and O–H groups in total. The molecule has 16 heavy (non-hydrogen) atoms. The summed E-state index contributed by atoms with van der Waals surface area (Å²) in [5.74, 6) is 1.13. The summed E-state index contributed by atoms with van der Waals surface area (Å²) in [5, 5.41) is 8.68. The molecule has 1 rings (SSSR count). The number of unbranched alkanes of at least 4 members (excludes halogenated alkanes) is 2. The first kappa shape index (κ1) is 13.2. The molecule has 0 aliphatic carbocycles. The zero-order chi connectivity index (χ0) is 11.8. The molecule has 0 saturated carbocycles. The number of aliphatic hydroxyl groups is 1. The highest BCUT2D eigenvalue weighted by molar-refractivity contribution is 4.91. The highest BCUT2D eigenvalue weighted by Gasteiger charge is 2.04. The normalized spacial score (nSPS) is 11.2. The van der Waals surface area contributed by atoms with Crippen LogP contribution in [0.4, 0.5) is 0 Å². The van der Waals surface area contributed by atoms with Crippen LogP contribution in [0.1, 0.15) is 32.0 Å². The van der Waals surface area contributed by atoms with Crippen LogP contribution in [0.3, 0.4) is 0 Å². The lowest BCUT2D eigenvalue weighted by Crippen LogP contribution is -2.21. The average Bonchev–Trinajstić information content (AvgIpc) is 2.71. The van der Waals surface area contributed by atoms with E-state index in [1.807, 2.05) is 12.4 Å². The van der Waals surface area contributed by atoms with E-state index in [1.165, 1.54) is 0 Å². The van der Waals surface area contributed by atoms with Gasteiger partial charge in [0.15, 0.2) is 0 Å². The van der Waals surface area contributed by atoms with E-state index in [9.17, 15) is 0 Å². The molecule has 92 valence electrons. The lowest BCUT2D eigenvalue weighted by molar-refractivity contribution is 0.268. The highest BCUT2D eigenvalue weighted by Crippen LogP contribution is 2.03. The monoisotopic (exact) mass is 225 g/mol. The maximum absolute atomic E-state index is 8.68. The molecule has 4 nitrogen and oxygen atoms in total. The second kappa shape index (κ2) is 7.41. The van der Waals surface area contributed by atoms with E-state index < -0.39 is 0 Å². The lowest BCUT2D eigenvalue weighted by atomic mass is 10.2. The molecule has 0 aromatic carbocycles. The Morgan fingerprint density at radius 1 is 1.38 bits per heavy atom. The summed E-state index contributed by atoms with van der Waals surface area (Å²) in [5.41, 5.74) is 0. The first-order valence-electron chi connectivity index (χ1n) is 6.07. The summed E-state index contributed by atoms with van der Waals surface area (Å²) >= 11 is 0. The maximum atomic E-state index is 8.68. The lowest BCUT2D eigenvalue weighted by Gasteiger charge is -2.16. The van der Waals surface area contributed by atoms with Crippen molar-refractivity contribution in [3.8, 4) is 0 Å². The molecule has 0 aliphatic heterocycles. The molecule has 4 heteroatoms. The predicted octanol–water partition coefficient (Wildman–Crippen LogP) is 1.50. The molecule has 0 spiro atoms. The minimum atomic E-state index is 0.309. The van der Waals surface area contributed by atoms with Gasteiger partial charge in [0.25, 0.3) is 0 Å². The zero-order valence-electron chi connectivity index (χ0n) is 10.4. The van der Waals surface area contributed by atoms with Crippen LogP contribution in [0.5, 0.6) is 0 Å². The number of imidazole rings is 1. The van der Waals surface area contributed by atoms with Gasteiger partial charge in [0, 0.05) is 25.5 Å². The summed E-state index contributed by atoms with van der Waals surface area (Å²) in [7, 11) is 2.12. The van der Waals surface area contributed by atoms with Crippen LogP contribution in [0, 0.1) is 0 Å². The van der Waals surface area contributed by atoms with Crippen LogP contribution in [0.25, 0.3) is 0 Å². The van der Waals surface area contributed by atoms with Gasteiger partial charge in [-0.2, -0.15) is 0 Å². The zero-order valence-corrected chi connectivity index (χ0v) is 10.4. The Morgan fingerprint density at radius 3 is 2.88 bits per heavy atom. The Balaban J connectivity index is 2.25. The topological polar surface area (TPSA) is 41.3 Å². The second-order valence-corrected chi connectivity index (χ2v) is 4.15. The summed E-state index contributed by atoms with van der Waals surface area (Å²) in [6.07, 6.45) is 7.04. The highest BCUT2D eigenvalue weighted by atomic mass is 16.2. The Morgan fingerprint density at radius 2 is 2.19 bits per heavy atom. The van der Waals surface area contributed by atoms with Gasteiger partial charge in [-0.05, 0) is 39.8 Å². The molecule has 1 aromatic rings. The van der Waals surface area contributed by atoms with Gasteiger partial charge < -0.3 is 9.67 Å². The van der Waals surface area contributed by atoms with E-state index >= 15 is 0 Å². The van der Waals surface area contributed by atoms with Crippen LogP contribution >= 0.6 is 0 Å². The van der Waals surface area contributed by atoms with E-state index in [2.05, 4.69) is 28.4 Å². The minimum Gasteiger partial charge on any atom is -0.396 e. The van der Waals surface area contributed by atoms with Gasteiger partial charge in [-0.25, -0.2) is 4.98 Å². The third-order valence-electron chi connectivity index (χ3n) is 2.75. The van der Waals surface area contributed by atoms with Crippen molar-refractivity contribution in [3.63, 3.8) is 0 Å². The quantitative estimate of drug-likeness (QED) is 0.682. The molecule has 1 aromatic heterocycles. The van der Waals surface area contributed by atoms with E-state index in [-0.39, 0.29) is 0 Å². The second-order valence-electron chi connectivity index (χ2n) is 4.15. The minimum absolute atomic E-state index is 0.309. The van der Waals surface area contributed by atoms with Gasteiger partial charge in [0.2, 0.25) is 0 Å². The molecule has 0 saturated heterocycles. The smallest absolute Gasteiger partial charge is 0.122 e. The molecule has 0 unspecified atom stereocenters. The summed E-state index contributed by atoms with van der Waals surface area (Å²) in [6, 6.07) is 0. The fourth-order valence-corrected chi connectivity index (χ4v) is 1.77. The van der Waals surface area contributed by atoms with E-state index in [4.69, 9.17) is 5.11 Å². The molecule has 0 atom stereocenters. The summed E-state index contributed by atoms with van der Waals surface area (Å²) in [4.78, 5) is 6.64. The van der Waals surface area contributed by atoms with Gasteiger partial charge in [-0.15, -0.1) is 0 Å². The Hall–Kier alpha value is -0.870. The van der Waals surface area contributed by atoms with Crippen molar-refractivity contribution in [2.24, 2.45) is 0 Å². The van der Waals surface area contributed by atoms with E-state index in [0.717, 1.165) is 44.7 Å². The van der Waals surface area contributed by atoms with Crippen molar-refractivity contribution in [2.45, 2.75) is 39.3 Å². The van der Waals surface area contributed by atoms with Crippen molar-refractivity contribution in [3.05, 3.63) is 18.2 Å². The summed E-state index contributed by atoms with van der Waals surface area (Å²) < 4.78 is 2.17. The number of nitrogens with zero attached hydrogens (tertiary/aromatic N) is 3. The standard InChI is InChI=1S/C12H23N3O/c1-3-15-9-7-13-12(15)11-14(2)8-5-4-6-10-16/h7,9,16H,3-6,8,10-11H2,1-2H3. The Kier molecular flexibility index (Phi) is 6.11. The van der Waals surface area contributed by atoms with Crippen LogP contribution < -0.4 is 0 Å². The molecular formula is C12H23N3O. The first-order chi connectivity index (χ1) is 7.77. The van der Waals surface area contributed by atoms with Gasteiger partial charge in [0.1, 0.15) is 5.82 Å². The van der Waals surface area contributed by atoms with Crippen molar-refractivity contribution in [2.75, 3.05) is 20.2 Å². The number of hydrogen-bond acceptors (Lipinski definition) is 3. The van der Waals surface area contributed by atoms with Crippen LogP contribution in [0.15, 0.2) is 12.4 Å². The van der Waals surface area contributed by atoms with Gasteiger partial charge in [-0.1, -0.05) is 0 Å². The number of rotatable bonds is 8. The maximum Gasteiger partial charge on any atom is 0.122 e. The third-order valence-corrected chi connectivity index (χ3v) is 2.75. The van der Waals surface area contributed by atoms with E-state index in [1.54, 1.807) is 0 Å². The third kappa shape index (κ3) is 4.33. The van der Waals surface area contributed by atoms with E-state index in [0.29, 0.717) is 6.61 Å². The molecule has 0 radical (unpaired) electrons. The van der Waals surface area contributed by atoms with Crippen molar-refractivity contribution in [1.82, 2.24) is 14.5 Å². The first-order valence-corrected chi connectivity index (χ1v) is 6.07. The Bertz CT molecular complexity index is 286. The molecule has 0 bridgehead atoms. The Labute approximate surface area is 97.9 Å². The number of aliphatic hydroxyl groups excluding tert-OH is 1. The number of aromatic nitrogens is 2. The van der Waals surface area contributed by atoms with Crippen molar-refractivity contribution < 1.29 is 5.11 Å². The molecular weight excluding hydrogens is 202 g/mol. The molecule has 0 aliphatic rings. The van der Waals surface area contributed by atoms with Crippen molar-refractivity contribution >= 4 is 0 Å². The van der Waals surface area contributed by atoms with Gasteiger partial charge in [0.05, 0.1) is 6.54 Å². The van der Waals surface area contributed by atoms with Gasteiger partial charge in [-0.3, -0.25) is 4.90 Å². The number of hydrogen-bond donors (Lipinski definition) is 1. The van der Waals surface area contributed by atoms with Crippen molar-refractivity contribution in [1.29, 1.82) is 0 Å². The van der Waals surface area contributed by atoms with Gasteiger partial charge >= 0.3 is 0 Å². The van der Waals surface area contributed by atoms with Crippen LogP contribution in [-0.2, 0) is 13.1 Å². The van der Waals surface area contributed by atoms with Crippen LogP contribution in [0.2, 0.25) is 0 Å². The largest absolute Gasteiger partial charge is 0.396 e. The fraction of sp³-hybridized carbons (Fsp3) is 0.750. The van der Waals surface area contributed by atoms with Crippen LogP contribution in [-0.4, -0.2) is 39.8 Å². The molecule has 1 heterocycles.